The van der Waals surface area contributed by atoms with E-state index < -0.39 is 12.1 Å². The lowest BCUT2D eigenvalue weighted by atomic mass is 10.1. The lowest BCUT2D eigenvalue weighted by Crippen LogP contribution is -2.29. The minimum Gasteiger partial charge on any atom is -0.495 e. The van der Waals surface area contributed by atoms with E-state index in [-0.39, 0.29) is 12.0 Å². The monoisotopic (exact) mass is 385 g/mol. The molecule has 2 atom stereocenters. The molecule has 0 fully saturated rings. The maximum absolute atomic E-state index is 12.5. The largest absolute Gasteiger partial charge is 0.495 e. The van der Waals surface area contributed by atoms with Crippen LogP contribution in [0.4, 0.5) is 5.69 Å². The van der Waals surface area contributed by atoms with Crippen LogP contribution < -0.4 is 14.8 Å². The second-order valence-corrected chi connectivity index (χ2v) is 6.60. The molecular formula is C22H27NO5. The number of anilines is 1. The molecule has 1 N–H and O–H groups in total. The molecule has 2 aromatic rings. The molecule has 28 heavy (non-hydrogen) atoms. The molecule has 2 aromatic carbocycles. The summed E-state index contributed by atoms with van der Waals surface area (Å²) >= 11 is 0. The van der Waals surface area contributed by atoms with E-state index in [0.29, 0.717) is 22.7 Å². The molecule has 0 aliphatic carbocycles. The summed E-state index contributed by atoms with van der Waals surface area (Å²) in [7, 11) is 1.56. The maximum Gasteiger partial charge on any atom is 0.347 e. The van der Waals surface area contributed by atoms with E-state index in [1.54, 1.807) is 38.3 Å². The average Bonchev–Trinajstić information content (AvgIpc) is 2.68. The number of methoxy groups -OCH3 is 1. The molecule has 6 heteroatoms. The van der Waals surface area contributed by atoms with Gasteiger partial charge < -0.3 is 19.5 Å². The second-order valence-electron chi connectivity index (χ2n) is 6.60. The number of carbonyl (C=O) groups is 2. The Morgan fingerprint density at radius 1 is 1.07 bits per heavy atom. The van der Waals surface area contributed by atoms with Gasteiger partial charge in [-0.3, -0.25) is 4.79 Å². The maximum atomic E-state index is 12.5. The van der Waals surface area contributed by atoms with Crippen LogP contribution in [0.25, 0.3) is 0 Å². The first-order chi connectivity index (χ1) is 13.3. The standard InChI is InChI=1S/C22H27NO5/c1-6-15(3)27-22(25)16(4)28-18-10-8-17(9-11-18)21(24)23-19-13-14(2)7-12-20(19)26-5/h7-13,15-16H,6H2,1-5H3,(H,23,24)/t15-,16-/m0/s1. The highest BCUT2D eigenvalue weighted by molar-refractivity contribution is 6.05. The van der Waals surface area contributed by atoms with Gasteiger partial charge in [-0.15, -0.1) is 0 Å². The number of nitrogens with one attached hydrogen (secondary N) is 1. The van der Waals surface area contributed by atoms with Gasteiger partial charge in [-0.2, -0.15) is 0 Å². The number of aryl methyl sites for hydroxylation is 1. The molecule has 0 aliphatic rings. The topological polar surface area (TPSA) is 73.9 Å². The number of carbonyl (C=O) groups excluding carboxylic acids is 2. The Bertz CT molecular complexity index is 816. The van der Waals surface area contributed by atoms with Gasteiger partial charge >= 0.3 is 5.97 Å². The Morgan fingerprint density at radius 3 is 2.36 bits per heavy atom. The summed E-state index contributed by atoms with van der Waals surface area (Å²) in [5.74, 6) is 0.397. The van der Waals surface area contributed by atoms with E-state index in [1.165, 1.54) is 0 Å². The molecule has 1 amide bonds. The normalized spacial score (nSPS) is 12.6. The number of ether oxygens (including phenoxy) is 3. The Hall–Kier alpha value is -3.02. The van der Waals surface area contributed by atoms with E-state index in [0.717, 1.165) is 12.0 Å². The molecule has 0 aromatic heterocycles. The van der Waals surface area contributed by atoms with Gasteiger partial charge in [-0.1, -0.05) is 13.0 Å². The van der Waals surface area contributed by atoms with Gasteiger partial charge in [0.25, 0.3) is 5.91 Å². The van der Waals surface area contributed by atoms with E-state index in [4.69, 9.17) is 14.2 Å². The third-order valence-electron chi connectivity index (χ3n) is 4.26. The SMILES string of the molecule is CC[C@H](C)OC(=O)[C@H](C)Oc1ccc(C(=O)Nc2cc(C)ccc2OC)cc1. The summed E-state index contributed by atoms with van der Waals surface area (Å²) in [6, 6.07) is 12.1. The zero-order valence-corrected chi connectivity index (χ0v) is 16.9. The van der Waals surface area contributed by atoms with Gasteiger partial charge in [0.05, 0.1) is 18.9 Å². The Labute approximate surface area is 165 Å². The minimum absolute atomic E-state index is 0.150. The second kappa shape index (κ2) is 9.78. The molecule has 0 saturated carbocycles. The van der Waals surface area contributed by atoms with Gasteiger partial charge in [0.1, 0.15) is 11.5 Å². The fourth-order valence-corrected chi connectivity index (χ4v) is 2.43. The first-order valence-electron chi connectivity index (χ1n) is 9.27. The van der Waals surface area contributed by atoms with Crippen molar-refractivity contribution in [3.8, 4) is 11.5 Å². The van der Waals surface area contributed by atoms with Gasteiger partial charge in [-0.25, -0.2) is 4.79 Å². The van der Waals surface area contributed by atoms with E-state index in [1.807, 2.05) is 39.0 Å². The van der Waals surface area contributed by atoms with Crippen LogP contribution in [0.15, 0.2) is 42.5 Å². The van der Waals surface area contributed by atoms with Crippen LogP contribution in [-0.2, 0) is 9.53 Å². The number of esters is 1. The third-order valence-corrected chi connectivity index (χ3v) is 4.26. The highest BCUT2D eigenvalue weighted by Crippen LogP contribution is 2.26. The van der Waals surface area contributed by atoms with Crippen LogP contribution in [-0.4, -0.2) is 31.2 Å². The molecular weight excluding hydrogens is 358 g/mol. The van der Waals surface area contributed by atoms with E-state index >= 15 is 0 Å². The summed E-state index contributed by atoms with van der Waals surface area (Å²) in [4.78, 5) is 24.5. The van der Waals surface area contributed by atoms with Crippen molar-refractivity contribution in [2.45, 2.75) is 46.3 Å². The summed E-state index contributed by atoms with van der Waals surface area (Å²) in [6.07, 6.45) is -0.137. The van der Waals surface area contributed by atoms with Crippen LogP contribution in [0.5, 0.6) is 11.5 Å². The van der Waals surface area contributed by atoms with Crippen LogP contribution in [0.3, 0.4) is 0 Å². The zero-order valence-electron chi connectivity index (χ0n) is 16.9. The molecule has 6 nitrogen and oxygen atoms in total. The molecule has 0 radical (unpaired) electrons. The van der Waals surface area contributed by atoms with Crippen molar-refractivity contribution >= 4 is 17.6 Å². The van der Waals surface area contributed by atoms with Gasteiger partial charge in [0.15, 0.2) is 6.10 Å². The van der Waals surface area contributed by atoms with Gasteiger partial charge in [0.2, 0.25) is 0 Å². The molecule has 0 spiro atoms. The minimum atomic E-state index is -0.731. The fraction of sp³-hybridized carbons (Fsp3) is 0.364. The van der Waals surface area contributed by atoms with Crippen molar-refractivity contribution in [2.75, 3.05) is 12.4 Å². The average molecular weight is 385 g/mol. The predicted octanol–water partition coefficient (Wildman–Crippen LogP) is 4.36. The first-order valence-corrected chi connectivity index (χ1v) is 9.27. The van der Waals surface area contributed by atoms with Crippen molar-refractivity contribution < 1.29 is 23.8 Å². The summed E-state index contributed by atoms with van der Waals surface area (Å²) < 4.78 is 16.1. The number of amides is 1. The smallest absolute Gasteiger partial charge is 0.347 e. The van der Waals surface area contributed by atoms with Gasteiger partial charge in [-0.05, 0) is 69.2 Å². The summed E-state index contributed by atoms with van der Waals surface area (Å²) in [5, 5.41) is 2.85. The Morgan fingerprint density at radius 2 is 1.75 bits per heavy atom. The van der Waals surface area contributed by atoms with Crippen LogP contribution in [0.1, 0.15) is 43.1 Å². The quantitative estimate of drug-likeness (QED) is 0.683. The molecule has 2 rings (SSSR count). The molecule has 0 heterocycles. The van der Waals surface area contributed by atoms with Crippen molar-refractivity contribution in [3.63, 3.8) is 0 Å². The zero-order chi connectivity index (χ0) is 20.7. The Kier molecular flexibility index (Phi) is 7.44. The van der Waals surface area contributed by atoms with Crippen molar-refractivity contribution in [2.24, 2.45) is 0 Å². The summed E-state index contributed by atoms with van der Waals surface area (Å²) in [5.41, 5.74) is 2.08. The molecule has 0 aliphatic heterocycles. The predicted molar refractivity (Wildman–Crippen MR) is 108 cm³/mol. The number of rotatable bonds is 8. The lowest BCUT2D eigenvalue weighted by Gasteiger charge is -2.17. The van der Waals surface area contributed by atoms with Crippen molar-refractivity contribution in [3.05, 3.63) is 53.6 Å². The van der Waals surface area contributed by atoms with Crippen LogP contribution >= 0.6 is 0 Å². The number of hydrogen-bond donors (Lipinski definition) is 1. The van der Waals surface area contributed by atoms with Crippen molar-refractivity contribution in [1.29, 1.82) is 0 Å². The van der Waals surface area contributed by atoms with E-state index in [9.17, 15) is 9.59 Å². The van der Waals surface area contributed by atoms with Crippen LogP contribution in [0, 0.1) is 6.92 Å². The molecule has 0 saturated heterocycles. The third kappa shape index (κ3) is 5.74. The molecule has 0 unspecified atom stereocenters. The Balaban J connectivity index is 2.01. The number of benzene rings is 2. The molecule has 150 valence electrons. The highest BCUT2D eigenvalue weighted by atomic mass is 16.6. The van der Waals surface area contributed by atoms with Gasteiger partial charge in [0, 0.05) is 5.56 Å². The first kappa shape index (κ1) is 21.3. The lowest BCUT2D eigenvalue weighted by molar-refractivity contribution is -0.155. The fourth-order valence-electron chi connectivity index (χ4n) is 2.43. The van der Waals surface area contributed by atoms with E-state index in [2.05, 4.69) is 5.32 Å². The highest BCUT2D eigenvalue weighted by Gasteiger charge is 2.19. The number of hydrogen-bond acceptors (Lipinski definition) is 5. The summed E-state index contributed by atoms with van der Waals surface area (Å²) in [6.45, 7) is 7.35. The molecule has 0 bridgehead atoms. The van der Waals surface area contributed by atoms with Crippen molar-refractivity contribution in [1.82, 2.24) is 0 Å². The van der Waals surface area contributed by atoms with Crippen LogP contribution in [0.2, 0.25) is 0 Å².